The Kier molecular flexibility index (Phi) is 7.04. The SMILES string of the molecule is CCNc1cc([C@]2(c3nncn3C)C[C@H](OC)C2)cc(N2Cc3c(cc(CNC4(C)CCC4)cc3C(F)(F)F)C2=O)n1. The van der Waals surface area contributed by atoms with Crippen LogP contribution in [0.1, 0.15) is 84.4 Å². The van der Waals surface area contributed by atoms with E-state index < -0.39 is 23.1 Å². The van der Waals surface area contributed by atoms with E-state index in [1.165, 1.54) is 11.0 Å². The minimum absolute atomic E-state index is 0.0159. The van der Waals surface area contributed by atoms with Crippen molar-refractivity contribution in [2.24, 2.45) is 7.05 Å². The van der Waals surface area contributed by atoms with Crippen LogP contribution in [0.5, 0.6) is 0 Å². The Bertz CT molecular complexity index is 1510. The van der Waals surface area contributed by atoms with Crippen LogP contribution in [0, 0.1) is 0 Å². The van der Waals surface area contributed by atoms with Crippen molar-refractivity contribution in [1.82, 2.24) is 25.1 Å². The first-order valence-electron chi connectivity index (χ1n) is 14.4. The Morgan fingerprint density at radius 2 is 1.93 bits per heavy atom. The van der Waals surface area contributed by atoms with Crippen molar-refractivity contribution in [2.75, 3.05) is 23.9 Å². The number of benzene rings is 1. The molecule has 0 spiro atoms. The van der Waals surface area contributed by atoms with Crippen molar-refractivity contribution < 1.29 is 22.7 Å². The molecule has 1 aromatic carbocycles. The third-order valence-corrected chi connectivity index (χ3v) is 9.21. The van der Waals surface area contributed by atoms with Crippen LogP contribution in [0.3, 0.4) is 0 Å². The average Bonchev–Trinajstić information content (AvgIpc) is 3.48. The first-order valence-corrected chi connectivity index (χ1v) is 14.4. The Hall–Kier alpha value is -3.51. The second-order valence-electron chi connectivity index (χ2n) is 12.1. The van der Waals surface area contributed by atoms with Gasteiger partial charge in [-0.05, 0) is 86.9 Å². The molecule has 2 aliphatic carbocycles. The fourth-order valence-corrected chi connectivity index (χ4v) is 6.56. The van der Waals surface area contributed by atoms with Crippen LogP contribution in [0.15, 0.2) is 30.6 Å². The third-order valence-electron chi connectivity index (χ3n) is 9.21. The number of rotatable bonds is 9. The van der Waals surface area contributed by atoms with Crippen LogP contribution >= 0.6 is 0 Å². The first-order chi connectivity index (χ1) is 20.0. The van der Waals surface area contributed by atoms with Gasteiger partial charge in [-0.15, -0.1) is 10.2 Å². The number of hydrogen-bond donors (Lipinski definition) is 2. The van der Waals surface area contributed by atoms with E-state index in [0.29, 0.717) is 36.6 Å². The Morgan fingerprint density at radius 3 is 2.52 bits per heavy atom. The van der Waals surface area contributed by atoms with Gasteiger partial charge in [0.1, 0.15) is 23.8 Å². The number of aromatic nitrogens is 4. The van der Waals surface area contributed by atoms with E-state index in [4.69, 9.17) is 4.74 Å². The van der Waals surface area contributed by atoms with E-state index in [9.17, 15) is 18.0 Å². The summed E-state index contributed by atoms with van der Waals surface area (Å²) in [7, 11) is 3.55. The zero-order valence-corrected chi connectivity index (χ0v) is 24.3. The fourth-order valence-electron chi connectivity index (χ4n) is 6.56. The van der Waals surface area contributed by atoms with Gasteiger partial charge in [0.15, 0.2) is 0 Å². The van der Waals surface area contributed by atoms with E-state index >= 15 is 0 Å². The lowest BCUT2D eigenvalue weighted by Gasteiger charge is -2.46. The van der Waals surface area contributed by atoms with Crippen molar-refractivity contribution in [2.45, 2.75) is 82.3 Å². The lowest BCUT2D eigenvalue weighted by atomic mass is 9.62. The molecule has 2 N–H and O–H groups in total. The number of amides is 1. The smallest absolute Gasteiger partial charge is 0.381 e. The summed E-state index contributed by atoms with van der Waals surface area (Å²) in [6.07, 6.45) is 1.40. The minimum atomic E-state index is -4.60. The molecule has 0 radical (unpaired) electrons. The van der Waals surface area contributed by atoms with Gasteiger partial charge in [0.2, 0.25) is 0 Å². The number of anilines is 2. The maximum absolute atomic E-state index is 14.3. The van der Waals surface area contributed by atoms with Crippen LogP contribution < -0.4 is 15.5 Å². The number of ether oxygens (including phenoxy) is 1. The predicted molar refractivity (Wildman–Crippen MR) is 151 cm³/mol. The predicted octanol–water partition coefficient (Wildman–Crippen LogP) is 4.95. The van der Waals surface area contributed by atoms with Gasteiger partial charge in [-0.2, -0.15) is 13.2 Å². The van der Waals surface area contributed by atoms with E-state index in [2.05, 4.69) is 32.7 Å². The summed E-state index contributed by atoms with van der Waals surface area (Å²) >= 11 is 0. The number of methoxy groups -OCH3 is 1. The topological polar surface area (TPSA) is 97.2 Å². The van der Waals surface area contributed by atoms with Crippen molar-refractivity contribution in [1.29, 1.82) is 0 Å². The quantitative estimate of drug-likeness (QED) is 0.368. The van der Waals surface area contributed by atoms with Gasteiger partial charge in [0.25, 0.3) is 5.91 Å². The average molecular weight is 584 g/mol. The minimum Gasteiger partial charge on any atom is -0.381 e. The number of aryl methyl sites for hydroxylation is 1. The van der Waals surface area contributed by atoms with Crippen LogP contribution in [0.2, 0.25) is 0 Å². The molecule has 2 saturated carbocycles. The van der Waals surface area contributed by atoms with Crippen molar-refractivity contribution in [3.8, 4) is 0 Å². The number of nitrogens with one attached hydrogen (secondary N) is 2. The van der Waals surface area contributed by atoms with Crippen LogP contribution in [0.4, 0.5) is 24.8 Å². The van der Waals surface area contributed by atoms with E-state index in [1.807, 2.05) is 24.6 Å². The summed E-state index contributed by atoms with van der Waals surface area (Å²) in [5.41, 5.74) is -0.0448. The van der Waals surface area contributed by atoms with Crippen molar-refractivity contribution >= 4 is 17.5 Å². The molecule has 42 heavy (non-hydrogen) atoms. The molecule has 3 aromatic rings. The molecule has 0 atom stereocenters. The standard InChI is InChI=1S/C30H36F3N7O2/c1-5-34-24-11-19(29(13-20(14-29)42-4)27-38-36-17-39(27)3)12-25(37-24)40-16-22-21(26(40)41)9-18(10-23(22)30(31,32)33)15-35-28(2)7-6-8-28/h9-12,17,20,35H,5-8,13-16H2,1-4H3,(H,34,37)/t20-,29-. The van der Waals surface area contributed by atoms with Crippen LogP contribution in [-0.2, 0) is 36.5 Å². The number of alkyl halides is 3. The molecule has 1 aliphatic heterocycles. The molecular formula is C30H36F3N7O2. The van der Waals surface area contributed by atoms with E-state index in [1.54, 1.807) is 25.6 Å². The number of fused-ring (bicyclic) bond motifs is 1. The lowest BCUT2D eigenvalue weighted by molar-refractivity contribution is -0.138. The maximum Gasteiger partial charge on any atom is 0.416 e. The third kappa shape index (κ3) is 4.84. The number of hydrogen-bond acceptors (Lipinski definition) is 7. The summed E-state index contributed by atoms with van der Waals surface area (Å²) in [5, 5.41) is 15.1. The highest BCUT2D eigenvalue weighted by Crippen LogP contribution is 2.50. The summed E-state index contributed by atoms with van der Waals surface area (Å²) in [6.45, 7) is 4.64. The van der Waals surface area contributed by atoms with Crippen molar-refractivity contribution in [3.05, 3.63) is 64.2 Å². The molecule has 224 valence electrons. The maximum atomic E-state index is 14.3. The highest BCUT2D eigenvalue weighted by Gasteiger charge is 2.51. The van der Waals surface area contributed by atoms with Gasteiger partial charge in [0.05, 0.1) is 23.6 Å². The Balaban J connectivity index is 1.39. The number of carbonyl (C=O) groups is 1. The molecule has 0 unspecified atom stereocenters. The molecule has 9 nitrogen and oxygen atoms in total. The molecule has 0 saturated heterocycles. The number of nitrogens with zero attached hydrogens (tertiary/aromatic N) is 5. The van der Waals surface area contributed by atoms with Crippen molar-refractivity contribution in [3.63, 3.8) is 0 Å². The summed E-state index contributed by atoms with van der Waals surface area (Å²) in [5.74, 6) is 1.09. The highest BCUT2D eigenvalue weighted by molar-refractivity contribution is 6.10. The lowest BCUT2D eigenvalue weighted by Crippen LogP contribution is -2.48. The highest BCUT2D eigenvalue weighted by atomic mass is 19.4. The first kappa shape index (κ1) is 28.6. The second-order valence-corrected chi connectivity index (χ2v) is 12.1. The van der Waals surface area contributed by atoms with Gasteiger partial charge >= 0.3 is 6.18 Å². The number of carbonyl (C=O) groups excluding carboxylic acids is 1. The Labute approximate surface area is 242 Å². The van der Waals surface area contributed by atoms with Crippen LogP contribution in [0.25, 0.3) is 0 Å². The molecule has 0 bridgehead atoms. The second kappa shape index (κ2) is 10.3. The Morgan fingerprint density at radius 1 is 1.17 bits per heavy atom. The van der Waals surface area contributed by atoms with Gasteiger partial charge < -0.3 is 19.9 Å². The van der Waals surface area contributed by atoms with Gasteiger partial charge in [-0.25, -0.2) is 4.98 Å². The molecule has 3 heterocycles. The summed E-state index contributed by atoms with van der Waals surface area (Å²) in [4.78, 5) is 19.9. The number of pyridine rings is 1. The zero-order valence-electron chi connectivity index (χ0n) is 24.3. The molecule has 2 fully saturated rings. The molecule has 1 amide bonds. The van der Waals surface area contributed by atoms with Gasteiger partial charge in [-0.3, -0.25) is 9.69 Å². The van der Waals surface area contributed by atoms with E-state index in [0.717, 1.165) is 30.7 Å². The summed E-state index contributed by atoms with van der Waals surface area (Å²) < 4.78 is 50.5. The molecule has 6 rings (SSSR count). The largest absolute Gasteiger partial charge is 0.416 e. The summed E-state index contributed by atoms with van der Waals surface area (Å²) in [6, 6.07) is 6.51. The monoisotopic (exact) mass is 583 g/mol. The van der Waals surface area contributed by atoms with E-state index in [-0.39, 0.29) is 35.9 Å². The number of halogens is 3. The van der Waals surface area contributed by atoms with Gasteiger partial charge in [0, 0.05) is 38.3 Å². The fraction of sp³-hybridized carbons (Fsp3) is 0.533. The molecule has 3 aliphatic rings. The molecule has 2 aromatic heterocycles. The van der Waals surface area contributed by atoms with Crippen LogP contribution in [-0.4, -0.2) is 51.0 Å². The van der Waals surface area contributed by atoms with Gasteiger partial charge in [-0.1, -0.05) is 0 Å². The normalized spacial score (nSPS) is 23.0. The molecule has 12 heteroatoms. The zero-order chi connectivity index (χ0) is 29.9. The molecular weight excluding hydrogens is 547 g/mol.